The van der Waals surface area contributed by atoms with Gasteiger partial charge in [-0.1, -0.05) is 39.5 Å². The number of amides is 2. The predicted octanol–water partition coefficient (Wildman–Crippen LogP) is 2.92. The zero-order chi connectivity index (χ0) is 21.4. The molecule has 0 bridgehead atoms. The SMILES string of the molecule is CCc1nc2sc3c(c2c2nnc(SCC(=O)NNC(=O)C(C)C)n12)CCC(C)C3. The highest BCUT2D eigenvalue weighted by molar-refractivity contribution is 7.99. The van der Waals surface area contributed by atoms with E-state index in [1.165, 1.54) is 28.6 Å². The summed E-state index contributed by atoms with van der Waals surface area (Å²) in [6, 6.07) is 0. The Kier molecular flexibility index (Phi) is 5.97. The second-order valence-electron chi connectivity index (χ2n) is 8.04. The van der Waals surface area contributed by atoms with Gasteiger partial charge in [0.25, 0.3) is 0 Å². The van der Waals surface area contributed by atoms with E-state index in [1.54, 1.807) is 25.2 Å². The highest BCUT2D eigenvalue weighted by Crippen LogP contribution is 2.39. The lowest BCUT2D eigenvalue weighted by molar-refractivity contribution is -0.129. The van der Waals surface area contributed by atoms with Gasteiger partial charge in [-0.05, 0) is 30.7 Å². The van der Waals surface area contributed by atoms with Crippen LogP contribution in [0.1, 0.15) is 50.4 Å². The number of hydrogen-bond donors (Lipinski definition) is 2. The van der Waals surface area contributed by atoms with Gasteiger partial charge in [-0.15, -0.1) is 21.5 Å². The third-order valence-electron chi connectivity index (χ3n) is 5.34. The molecular formula is C20H26N6O2S2. The van der Waals surface area contributed by atoms with Gasteiger partial charge in [-0.3, -0.25) is 24.8 Å². The fourth-order valence-electron chi connectivity index (χ4n) is 3.65. The van der Waals surface area contributed by atoms with E-state index in [9.17, 15) is 9.59 Å². The predicted molar refractivity (Wildman–Crippen MR) is 119 cm³/mol. The van der Waals surface area contributed by atoms with Crippen LogP contribution in [-0.2, 0) is 28.9 Å². The number of nitrogens with one attached hydrogen (secondary N) is 2. The zero-order valence-electron chi connectivity index (χ0n) is 17.6. The quantitative estimate of drug-likeness (QED) is 0.462. The first kappa shape index (κ1) is 21.0. The molecule has 0 saturated heterocycles. The standard InChI is InChI=1S/C20H26N6O2S2/c1-5-14-21-19-16(12-7-6-11(4)8-13(12)30-19)17-23-25-20(26(14)17)29-9-15(27)22-24-18(28)10(2)3/h10-11H,5-9H2,1-4H3,(H,22,27)(H,24,28). The van der Waals surface area contributed by atoms with Crippen molar-refractivity contribution in [2.75, 3.05) is 5.75 Å². The lowest BCUT2D eigenvalue weighted by Crippen LogP contribution is -2.44. The third kappa shape index (κ3) is 3.90. The van der Waals surface area contributed by atoms with Gasteiger partial charge in [0.05, 0.1) is 11.1 Å². The van der Waals surface area contributed by atoms with E-state index < -0.39 is 0 Å². The second-order valence-corrected chi connectivity index (χ2v) is 10.1. The zero-order valence-corrected chi connectivity index (χ0v) is 19.2. The summed E-state index contributed by atoms with van der Waals surface area (Å²) in [5.74, 6) is 1.01. The number of aryl methyl sites for hydroxylation is 2. The molecule has 0 aliphatic heterocycles. The molecule has 1 atom stereocenters. The Morgan fingerprint density at radius 3 is 2.83 bits per heavy atom. The maximum absolute atomic E-state index is 12.1. The minimum absolute atomic E-state index is 0.125. The van der Waals surface area contributed by atoms with Crippen molar-refractivity contribution in [3.8, 4) is 0 Å². The first-order chi connectivity index (χ1) is 14.4. The highest BCUT2D eigenvalue weighted by Gasteiger charge is 2.25. The van der Waals surface area contributed by atoms with Crippen LogP contribution in [0.5, 0.6) is 0 Å². The summed E-state index contributed by atoms with van der Waals surface area (Å²) in [6.45, 7) is 7.89. The minimum Gasteiger partial charge on any atom is -0.273 e. The Labute approximate surface area is 183 Å². The van der Waals surface area contributed by atoms with E-state index in [4.69, 9.17) is 4.98 Å². The number of thioether (sulfide) groups is 1. The average Bonchev–Trinajstić information content (AvgIpc) is 3.29. The summed E-state index contributed by atoms with van der Waals surface area (Å²) in [5, 5.41) is 10.6. The Hall–Kier alpha value is -2.20. The molecule has 0 aromatic carbocycles. The van der Waals surface area contributed by atoms with Crippen molar-refractivity contribution in [2.45, 2.75) is 58.5 Å². The maximum Gasteiger partial charge on any atom is 0.248 e. The number of fused-ring (bicyclic) bond motifs is 5. The van der Waals surface area contributed by atoms with E-state index in [-0.39, 0.29) is 23.5 Å². The van der Waals surface area contributed by atoms with Gasteiger partial charge in [0.2, 0.25) is 11.8 Å². The van der Waals surface area contributed by atoms with Crippen LogP contribution in [-0.4, -0.2) is 37.1 Å². The lowest BCUT2D eigenvalue weighted by atomic mass is 9.89. The smallest absolute Gasteiger partial charge is 0.248 e. The number of rotatable bonds is 5. The molecule has 0 saturated carbocycles. The number of nitrogens with zero attached hydrogens (tertiary/aromatic N) is 4. The average molecular weight is 447 g/mol. The molecule has 4 rings (SSSR count). The molecule has 1 unspecified atom stereocenters. The number of hydrogen-bond acceptors (Lipinski definition) is 7. The summed E-state index contributed by atoms with van der Waals surface area (Å²) in [7, 11) is 0. The largest absolute Gasteiger partial charge is 0.273 e. The number of aromatic nitrogens is 4. The first-order valence-electron chi connectivity index (χ1n) is 10.3. The molecule has 10 heteroatoms. The molecule has 3 heterocycles. The minimum atomic E-state index is -0.292. The van der Waals surface area contributed by atoms with Gasteiger partial charge in [0, 0.05) is 17.2 Å². The van der Waals surface area contributed by atoms with Gasteiger partial charge in [0.15, 0.2) is 10.8 Å². The van der Waals surface area contributed by atoms with Crippen LogP contribution in [0.25, 0.3) is 15.9 Å². The van der Waals surface area contributed by atoms with Crippen LogP contribution < -0.4 is 10.9 Å². The van der Waals surface area contributed by atoms with Gasteiger partial charge >= 0.3 is 0 Å². The summed E-state index contributed by atoms with van der Waals surface area (Å²) in [5.41, 5.74) is 7.07. The van der Waals surface area contributed by atoms with Crippen LogP contribution in [0.3, 0.4) is 0 Å². The van der Waals surface area contributed by atoms with E-state index >= 15 is 0 Å². The molecule has 3 aromatic heterocycles. The van der Waals surface area contributed by atoms with Crippen molar-refractivity contribution < 1.29 is 9.59 Å². The van der Waals surface area contributed by atoms with Gasteiger partial charge in [0.1, 0.15) is 10.7 Å². The summed E-state index contributed by atoms with van der Waals surface area (Å²) in [6.07, 6.45) is 4.07. The van der Waals surface area contributed by atoms with Gasteiger partial charge in [-0.2, -0.15) is 0 Å². The molecule has 2 N–H and O–H groups in total. The lowest BCUT2D eigenvalue weighted by Gasteiger charge is -2.17. The molecule has 3 aromatic rings. The highest BCUT2D eigenvalue weighted by atomic mass is 32.2. The topological polar surface area (TPSA) is 101 Å². The van der Waals surface area contributed by atoms with Crippen LogP contribution in [0.2, 0.25) is 0 Å². The molecule has 0 spiro atoms. The Bertz CT molecular complexity index is 1120. The van der Waals surface area contributed by atoms with Crippen LogP contribution in [0.4, 0.5) is 0 Å². The van der Waals surface area contributed by atoms with E-state index in [0.29, 0.717) is 11.1 Å². The molecule has 1 aliphatic carbocycles. The van der Waals surface area contributed by atoms with Crippen molar-refractivity contribution in [3.63, 3.8) is 0 Å². The molecular weight excluding hydrogens is 420 g/mol. The number of carbonyl (C=O) groups excluding carboxylic acids is 2. The van der Waals surface area contributed by atoms with Crippen molar-refractivity contribution in [1.29, 1.82) is 0 Å². The molecule has 8 nitrogen and oxygen atoms in total. The Morgan fingerprint density at radius 1 is 1.30 bits per heavy atom. The monoisotopic (exact) mass is 446 g/mol. The number of thiophene rings is 1. The van der Waals surface area contributed by atoms with E-state index in [0.717, 1.165) is 41.0 Å². The molecule has 30 heavy (non-hydrogen) atoms. The second kappa shape index (κ2) is 8.50. The summed E-state index contributed by atoms with van der Waals surface area (Å²) >= 11 is 3.08. The summed E-state index contributed by atoms with van der Waals surface area (Å²) < 4.78 is 1.98. The summed E-state index contributed by atoms with van der Waals surface area (Å²) in [4.78, 5) is 31.1. The Morgan fingerprint density at radius 2 is 2.10 bits per heavy atom. The van der Waals surface area contributed by atoms with E-state index in [2.05, 4.69) is 34.9 Å². The molecule has 160 valence electrons. The Balaban J connectivity index is 1.61. The van der Waals surface area contributed by atoms with E-state index in [1.807, 2.05) is 4.40 Å². The fraction of sp³-hybridized carbons (Fsp3) is 0.550. The van der Waals surface area contributed by atoms with Crippen LogP contribution in [0, 0.1) is 11.8 Å². The molecule has 1 aliphatic rings. The first-order valence-corrected chi connectivity index (χ1v) is 12.1. The number of hydrazine groups is 1. The molecule has 0 radical (unpaired) electrons. The molecule has 0 fully saturated rings. The molecule has 2 amide bonds. The van der Waals surface area contributed by atoms with Crippen LogP contribution >= 0.6 is 23.1 Å². The number of carbonyl (C=O) groups is 2. The van der Waals surface area contributed by atoms with Crippen LogP contribution in [0.15, 0.2) is 5.16 Å². The van der Waals surface area contributed by atoms with Gasteiger partial charge in [-0.25, -0.2) is 4.98 Å². The maximum atomic E-state index is 12.1. The third-order valence-corrected chi connectivity index (χ3v) is 7.41. The van der Waals surface area contributed by atoms with Crippen molar-refractivity contribution >= 4 is 50.8 Å². The van der Waals surface area contributed by atoms with Gasteiger partial charge < -0.3 is 0 Å². The normalized spacial score (nSPS) is 16.2. The van der Waals surface area contributed by atoms with Crippen molar-refractivity contribution in [3.05, 3.63) is 16.3 Å². The van der Waals surface area contributed by atoms with Crippen molar-refractivity contribution in [1.82, 2.24) is 30.4 Å². The van der Waals surface area contributed by atoms with Crippen molar-refractivity contribution in [2.24, 2.45) is 11.8 Å². The fourth-order valence-corrected chi connectivity index (χ4v) is 5.80.